The van der Waals surface area contributed by atoms with E-state index in [2.05, 4.69) is 43.8 Å². The second kappa shape index (κ2) is 34.7. The molecule has 6 amide bonds. The SMILES string of the molecule is C=CCCCOc1cccc(CNC2(C)C(O)C(CO)OC(OC3C(c4c5cc6cc4Oc4ccc(cc4Cl)C(O)C4NC(=O)C(NC(=O)C6NC(=O)C(CC(N)=O)NC(=O)C(NCCC(=O)O)C(O)c6ccc(c(Cl)c6)O5)C5=CC=C(O)C(C5)c5c(O)cc(O)cc5C(C(=O)O)NC4=O)OC(CO)C(O)C3O)C2O)c1. The van der Waals surface area contributed by atoms with Crippen LogP contribution in [0.25, 0.3) is 0 Å². The van der Waals surface area contributed by atoms with Crippen LogP contribution in [0.5, 0.6) is 40.2 Å². The number of rotatable bonds is 20. The van der Waals surface area contributed by atoms with E-state index >= 15 is 14.4 Å². The quantitative estimate of drug-likeness (QED) is 0.0376. The molecule has 5 aromatic carbocycles. The van der Waals surface area contributed by atoms with Gasteiger partial charge in [0.2, 0.25) is 35.4 Å². The highest BCUT2D eigenvalue weighted by molar-refractivity contribution is 6.32. The molecule has 2 fully saturated rings. The highest BCUT2D eigenvalue weighted by Crippen LogP contribution is 2.51. The Labute approximate surface area is 641 Å². The lowest BCUT2D eigenvalue weighted by molar-refractivity contribution is -0.341. The standard InChI is InChI=1S/C74H82Cl2N8O27/c1-3-4-5-17-106-36-8-6-7-30(18-36)27-79-74(2)65(97)49(29-86)110-73(66(74)98)111-64-62(96)61(95)48(28-85)109-63(64)53-46-22-34-23-47(53)108-45-14-11-33(21-40(45)76)60(94)58-71(103)83-56(72(104)105)38-24-35(87)25-43(89)52(38)37-19-31(9-12-42(37)88)54(68(100)84-58)82-69(101)55(34)81-67(99)41(26-50(77)90)80-70(102)57(78-16-15-51(91)92)59(93)32-10-13-44(107-46)39(75)20-32/h3,6-14,18,20-25,37,41,48-49,54-66,73,78-79,85-89,93-98H,1,4-5,15-17,19,26-29H2,2H3,(H2,77,90)(H,80,102)(H,81,99)(H,82,101)(H,83,103)(H,84,100)(H,91,92)(H,104,105). The molecule has 35 nitrogen and oxygen atoms in total. The number of primary amides is 1. The Morgan fingerprint density at radius 1 is 0.703 bits per heavy atom. The summed E-state index contributed by atoms with van der Waals surface area (Å²) < 4.78 is 38.7. The minimum absolute atomic E-state index is 0.0820. The fourth-order valence-corrected chi connectivity index (χ4v) is 14.5. The molecule has 2 saturated heterocycles. The molecule has 7 heterocycles. The molecule has 19 atom stereocenters. The number of hydrogen-bond acceptors (Lipinski definition) is 27. The zero-order chi connectivity index (χ0) is 80.2. The van der Waals surface area contributed by atoms with Gasteiger partial charge in [-0.15, -0.1) is 6.58 Å². The number of phenols is 2. The van der Waals surface area contributed by atoms with Gasteiger partial charge in [0, 0.05) is 30.6 Å². The maximum Gasteiger partial charge on any atom is 0.330 e. The molecule has 37 heteroatoms. The number of carboxylic acid groups (broad SMARTS) is 2. The van der Waals surface area contributed by atoms with Crippen LogP contribution in [0.1, 0.15) is 114 Å². The van der Waals surface area contributed by atoms with Gasteiger partial charge < -0.3 is 138 Å². The zero-order valence-electron chi connectivity index (χ0n) is 58.8. The third-order valence-corrected chi connectivity index (χ3v) is 20.6. The minimum atomic E-state index is -2.39. The van der Waals surface area contributed by atoms with Crippen molar-refractivity contribution in [2.45, 2.75) is 161 Å². The number of nitrogens with two attached hydrogens (primary N) is 1. The first-order valence-corrected chi connectivity index (χ1v) is 35.7. The average molecular weight is 1590 g/mol. The lowest BCUT2D eigenvalue weighted by atomic mass is 9.79. The number of carbonyl (C=O) groups is 8. The van der Waals surface area contributed by atoms with Crippen molar-refractivity contribution >= 4 is 70.6 Å². The zero-order valence-corrected chi connectivity index (χ0v) is 60.4. The number of nitrogens with one attached hydrogen (secondary N) is 7. The summed E-state index contributed by atoms with van der Waals surface area (Å²) in [6.45, 7) is 2.87. The molecule has 111 heavy (non-hydrogen) atoms. The molecular formula is C74H82Cl2N8O27. The van der Waals surface area contributed by atoms with Gasteiger partial charge in [-0.3, -0.25) is 33.6 Å². The van der Waals surface area contributed by atoms with E-state index in [-0.39, 0.29) is 23.2 Å². The molecule has 0 saturated carbocycles. The number of benzene rings is 5. The number of aliphatic hydroxyl groups excluding tert-OH is 9. The number of allylic oxidation sites excluding steroid dienone is 4. The fourth-order valence-electron chi connectivity index (χ4n) is 14.1. The maximum absolute atomic E-state index is 16.2. The summed E-state index contributed by atoms with van der Waals surface area (Å²) in [4.78, 5) is 115. The molecule has 13 rings (SSSR count). The Morgan fingerprint density at radius 2 is 1.36 bits per heavy atom. The number of amides is 6. The van der Waals surface area contributed by atoms with Crippen molar-refractivity contribution in [3.05, 3.63) is 170 Å². The second-order valence-electron chi connectivity index (χ2n) is 27.5. The van der Waals surface area contributed by atoms with Gasteiger partial charge in [0.1, 0.15) is 137 Å². The van der Waals surface area contributed by atoms with Crippen molar-refractivity contribution in [2.24, 2.45) is 5.73 Å². The number of unbranched alkanes of at least 4 members (excludes halogenated alkanes) is 1. The summed E-state index contributed by atoms with van der Waals surface area (Å²) in [5.74, 6) is -16.9. The number of hydrogen-bond donors (Lipinski definition) is 21. The Kier molecular flexibility index (Phi) is 25.6. The van der Waals surface area contributed by atoms with Crippen molar-refractivity contribution in [3.63, 3.8) is 0 Å². The molecule has 7 aliphatic heterocycles. The predicted molar refractivity (Wildman–Crippen MR) is 384 cm³/mol. The van der Waals surface area contributed by atoms with E-state index in [0.29, 0.717) is 30.8 Å². The van der Waals surface area contributed by atoms with Crippen molar-refractivity contribution in [3.8, 4) is 40.2 Å². The number of ether oxygens (including phenoxy) is 6. The van der Waals surface area contributed by atoms with E-state index in [1.165, 1.54) is 13.0 Å². The predicted octanol–water partition coefficient (Wildman–Crippen LogP) is 0.686. The van der Waals surface area contributed by atoms with Gasteiger partial charge in [-0.1, -0.05) is 59.6 Å². The van der Waals surface area contributed by atoms with Crippen LogP contribution >= 0.6 is 23.2 Å². The van der Waals surface area contributed by atoms with Crippen LogP contribution in [0, 0.1) is 0 Å². The topological polar surface area (TPSA) is 565 Å². The molecule has 19 unspecified atom stereocenters. The number of carbonyl (C=O) groups excluding carboxylic acids is 6. The van der Waals surface area contributed by atoms with Gasteiger partial charge in [0.05, 0.1) is 53.8 Å². The normalized spacial score (nSPS) is 29.6. The van der Waals surface area contributed by atoms with Gasteiger partial charge in [-0.25, -0.2) is 4.79 Å². The third-order valence-electron chi connectivity index (χ3n) is 20.0. The Hall–Kier alpha value is -10.1. The van der Waals surface area contributed by atoms with E-state index in [9.17, 15) is 90.4 Å². The summed E-state index contributed by atoms with van der Waals surface area (Å²) >= 11 is 14.2. The molecule has 0 spiro atoms. The van der Waals surface area contributed by atoms with Crippen LogP contribution in [0.3, 0.4) is 0 Å². The second-order valence-corrected chi connectivity index (χ2v) is 28.3. The summed E-state index contributed by atoms with van der Waals surface area (Å²) in [6, 6.07) is 4.08. The summed E-state index contributed by atoms with van der Waals surface area (Å²) in [7, 11) is 0. The highest BCUT2D eigenvalue weighted by atomic mass is 35.5. The lowest BCUT2D eigenvalue weighted by Crippen LogP contribution is -2.72. The Balaban J connectivity index is 1.14. The van der Waals surface area contributed by atoms with Gasteiger partial charge in [-0.2, -0.15) is 0 Å². The summed E-state index contributed by atoms with van der Waals surface area (Å²) in [5.41, 5.74) is 1.71. The number of fused-ring (bicyclic) bond motifs is 15. The smallest absolute Gasteiger partial charge is 0.330 e. The van der Waals surface area contributed by atoms with E-state index in [4.69, 9.17) is 57.4 Å². The largest absolute Gasteiger partial charge is 0.512 e. The fraction of sp³-hybridized carbons (Fsp3) is 0.405. The van der Waals surface area contributed by atoms with Crippen molar-refractivity contribution in [1.82, 2.24) is 37.2 Å². The highest BCUT2D eigenvalue weighted by Gasteiger charge is 2.57. The molecule has 1 aliphatic carbocycles. The van der Waals surface area contributed by atoms with Gasteiger partial charge >= 0.3 is 11.9 Å². The van der Waals surface area contributed by atoms with Gasteiger partial charge in [-0.05, 0) is 120 Å². The monoisotopic (exact) mass is 1580 g/mol. The van der Waals surface area contributed by atoms with Crippen LogP contribution in [0.2, 0.25) is 10.0 Å². The van der Waals surface area contributed by atoms with Crippen molar-refractivity contribution in [1.29, 1.82) is 0 Å². The molecule has 22 N–H and O–H groups in total. The first-order valence-electron chi connectivity index (χ1n) is 34.9. The Morgan fingerprint density at radius 3 is 1.99 bits per heavy atom. The summed E-state index contributed by atoms with van der Waals surface area (Å²) in [6.07, 6.45) is -19.3. The average Bonchev–Trinajstić information content (AvgIpc) is 0.749. The minimum Gasteiger partial charge on any atom is -0.512 e. The number of aliphatic carboxylic acids is 2. The van der Waals surface area contributed by atoms with Crippen LogP contribution < -0.4 is 57.2 Å². The Bertz CT molecular complexity index is 4490. The van der Waals surface area contributed by atoms with Crippen molar-refractivity contribution < 1.29 is 133 Å². The molecule has 594 valence electrons. The van der Waals surface area contributed by atoms with Crippen molar-refractivity contribution in [2.75, 3.05) is 26.4 Å². The number of aliphatic hydroxyl groups is 9. The van der Waals surface area contributed by atoms with Crippen LogP contribution in [-0.4, -0.2) is 219 Å². The number of halogens is 2. The van der Waals surface area contributed by atoms with E-state index in [0.717, 1.165) is 66.7 Å². The van der Waals surface area contributed by atoms with Crippen LogP contribution in [0.4, 0.5) is 0 Å². The number of aromatic hydroxyl groups is 2. The number of carboxylic acids is 2. The van der Waals surface area contributed by atoms with E-state index in [1.54, 1.807) is 30.3 Å². The molecule has 0 radical (unpaired) electrons. The molecular weight excluding hydrogens is 1500 g/mol. The van der Waals surface area contributed by atoms with Crippen LogP contribution in [0.15, 0.2) is 121 Å². The van der Waals surface area contributed by atoms with E-state index in [1.807, 2.05) is 0 Å². The molecule has 11 bridgehead atoms. The van der Waals surface area contributed by atoms with Crippen LogP contribution in [-0.2, 0) is 59.1 Å². The van der Waals surface area contributed by atoms with E-state index < -0.39 is 274 Å². The molecule has 0 aromatic heterocycles. The number of phenolic OH excluding ortho intramolecular Hbond substituents is 2. The molecule has 5 aromatic rings. The summed E-state index contributed by atoms with van der Waals surface area (Å²) in [5, 5.41) is 167. The third kappa shape index (κ3) is 17.7. The maximum atomic E-state index is 16.2. The first-order chi connectivity index (χ1) is 52.8. The lowest BCUT2D eigenvalue weighted by Gasteiger charge is -2.51. The van der Waals surface area contributed by atoms with Gasteiger partial charge in [0.15, 0.2) is 12.3 Å². The molecule has 8 aliphatic rings. The first kappa shape index (κ1) is 81.9. The van der Waals surface area contributed by atoms with Gasteiger partial charge in [0.25, 0.3) is 0 Å².